The fraction of sp³-hybridized carbons (Fsp3) is 0. The molecular formula is C49H30N4S2. The minimum absolute atomic E-state index is 1.01. The Bertz CT molecular complexity index is 2980. The summed E-state index contributed by atoms with van der Waals surface area (Å²) in [6.45, 7) is 0. The van der Waals surface area contributed by atoms with Crippen LogP contribution in [-0.2, 0) is 0 Å². The third-order valence-electron chi connectivity index (χ3n) is 10.3. The Morgan fingerprint density at radius 1 is 0.345 bits per heavy atom. The van der Waals surface area contributed by atoms with Crippen LogP contribution in [0.4, 0.5) is 17.1 Å². The van der Waals surface area contributed by atoms with Crippen molar-refractivity contribution in [1.29, 1.82) is 0 Å². The van der Waals surface area contributed by atoms with Crippen LogP contribution >= 0.6 is 22.7 Å². The van der Waals surface area contributed by atoms with Gasteiger partial charge in [-0.05, 0) is 119 Å². The summed E-state index contributed by atoms with van der Waals surface area (Å²) in [4.78, 5) is 17.1. The number of benzene rings is 8. The van der Waals surface area contributed by atoms with Crippen molar-refractivity contribution in [3.8, 4) is 32.3 Å². The molecule has 0 amide bonds. The summed E-state index contributed by atoms with van der Waals surface area (Å²) in [6, 6.07) is 64.7. The largest absolute Gasteiger partial charge is 0.310 e. The van der Waals surface area contributed by atoms with Gasteiger partial charge in [-0.3, -0.25) is 0 Å². The van der Waals surface area contributed by atoms with Crippen molar-refractivity contribution in [1.82, 2.24) is 15.0 Å². The number of thiazole rings is 2. The molecule has 0 aliphatic rings. The van der Waals surface area contributed by atoms with Crippen molar-refractivity contribution in [2.24, 2.45) is 0 Å². The topological polar surface area (TPSA) is 41.9 Å². The SMILES string of the molecule is c1ccc2sc(-c3ccc(N(c4ccc(-c5nc6ccccc6s5)cc4)c4ccc5cc(-c6c7ccccc7nc7ccccc67)ccc5c4)cc3)nc2c1. The molecule has 0 N–H and O–H groups in total. The zero-order valence-corrected chi connectivity index (χ0v) is 31.1. The van der Waals surface area contributed by atoms with Crippen LogP contribution in [0.15, 0.2) is 182 Å². The second kappa shape index (κ2) is 13.0. The van der Waals surface area contributed by atoms with Crippen LogP contribution in [0.3, 0.4) is 0 Å². The second-order valence-corrected chi connectivity index (χ2v) is 15.7. The molecule has 0 saturated heterocycles. The first kappa shape index (κ1) is 31.8. The van der Waals surface area contributed by atoms with E-state index in [1.807, 2.05) is 12.1 Å². The van der Waals surface area contributed by atoms with Gasteiger partial charge in [0.05, 0.1) is 31.5 Å². The Kier molecular flexibility index (Phi) is 7.50. The molecule has 0 radical (unpaired) electrons. The van der Waals surface area contributed by atoms with E-state index in [0.717, 1.165) is 71.0 Å². The molecule has 0 atom stereocenters. The van der Waals surface area contributed by atoms with Crippen molar-refractivity contribution in [2.45, 2.75) is 0 Å². The van der Waals surface area contributed by atoms with Gasteiger partial charge in [-0.2, -0.15) is 0 Å². The van der Waals surface area contributed by atoms with Gasteiger partial charge in [0.2, 0.25) is 0 Å². The van der Waals surface area contributed by atoms with Crippen molar-refractivity contribution in [2.75, 3.05) is 4.90 Å². The molecule has 258 valence electrons. The predicted molar refractivity (Wildman–Crippen MR) is 234 cm³/mol. The van der Waals surface area contributed by atoms with Gasteiger partial charge in [-0.25, -0.2) is 15.0 Å². The summed E-state index contributed by atoms with van der Waals surface area (Å²) in [7, 11) is 0. The lowest BCUT2D eigenvalue weighted by Gasteiger charge is -2.26. The molecule has 3 aromatic heterocycles. The highest BCUT2D eigenvalue weighted by atomic mass is 32.1. The molecular weight excluding hydrogens is 709 g/mol. The molecule has 11 aromatic rings. The summed E-state index contributed by atoms with van der Waals surface area (Å²) in [5, 5.41) is 6.72. The number of fused-ring (bicyclic) bond motifs is 5. The zero-order chi connectivity index (χ0) is 36.3. The minimum atomic E-state index is 1.01. The van der Waals surface area contributed by atoms with Gasteiger partial charge in [0.1, 0.15) is 10.0 Å². The lowest BCUT2D eigenvalue weighted by atomic mass is 9.94. The predicted octanol–water partition coefficient (Wildman–Crippen LogP) is 14.2. The molecule has 0 bridgehead atoms. The molecule has 55 heavy (non-hydrogen) atoms. The van der Waals surface area contributed by atoms with Gasteiger partial charge in [0.25, 0.3) is 0 Å². The van der Waals surface area contributed by atoms with Crippen LogP contribution in [-0.4, -0.2) is 15.0 Å². The van der Waals surface area contributed by atoms with Crippen molar-refractivity contribution < 1.29 is 0 Å². The van der Waals surface area contributed by atoms with Gasteiger partial charge in [0, 0.05) is 44.5 Å². The quantitative estimate of drug-likeness (QED) is 0.159. The van der Waals surface area contributed by atoms with Crippen molar-refractivity contribution in [3.05, 3.63) is 182 Å². The van der Waals surface area contributed by atoms with Crippen molar-refractivity contribution in [3.63, 3.8) is 0 Å². The van der Waals surface area contributed by atoms with Gasteiger partial charge in [-0.15, -0.1) is 22.7 Å². The first-order valence-corrected chi connectivity index (χ1v) is 19.9. The zero-order valence-electron chi connectivity index (χ0n) is 29.4. The normalized spacial score (nSPS) is 11.6. The number of aromatic nitrogens is 3. The average Bonchev–Trinajstić information content (AvgIpc) is 3.89. The Balaban J connectivity index is 1.01. The van der Waals surface area contributed by atoms with Crippen LogP contribution in [0.1, 0.15) is 0 Å². The van der Waals surface area contributed by atoms with E-state index in [2.05, 4.69) is 175 Å². The Hall–Kier alpha value is -6.73. The van der Waals surface area contributed by atoms with E-state index in [9.17, 15) is 0 Å². The maximum atomic E-state index is 4.97. The van der Waals surface area contributed by atoms with Crippen LogP contribution in [0.5, 0.6) is 0 Å². The molecule has 6 heteroatoms. The lowest BCUT2D eigenvalue weighted by Crippen LogP contribution is -2.09. The second-order valence-electron chi connectivity index (χ2n) is 13.7. The van der Waals surface area contributed by atoms with Gasteiger partial charge in [0.15, 0.2) is 0 Å². The standard InChI is InChI=1S/C49H30N4S2/c1-3-11-41-39(9-1)47(40-10-2-4-12-42(40)50-41)35-18-17-34-30-38(28-23-33(34)29-35)53(36-24-19-31(20-25-36)48-51-43-13-5-7-15-45(43)54-48)37-26-21-32(22-27-37)49-52-44-14-6-8-16-46(44)55-49/h1-30H. The smallest absolute Gasteiger partial charge is 0.124 e. The lowest BCUT2D eigenvalue weighted by molar-refractivity contribution is 1.29. The number of rotatable bonds is 6. The molecule has 0 aliphatic heterocycles. The highest BCUT2D eigenvalue weighted by molar-refractivity contribution is 7.22. The molecule has 0 spiro atoms. The fourth-order valence-corrected chi connectivity index (χ4v) is 9.57. The highest BCUT2D eigenvalue weighted by Crippen LogP contribution is 2.41. The van der Waals surface area contributed by atoms with E-state index >= 15 is 0 Å². The van der Waals surface area contributed by atoms with E-state index in [4.69, 9.17) is 15.0 Å². The van der Waals surface area contributed by atoms with E-state index in [1.165, 1.54) is 31.3 Å². The number of hydrogen-bond acceptors (Lipinski definition) is 6. The monoisotopic (exact) mass is 738 g/mol. The van der Waals surface area contributed by atoms with Crippen LogP contribution in [0, 0.1) is 0 Å². The Morgan fingerprint density at radius 3 is 1.33 bits per heavy atom. The van der Waals surface area contributed by atoms with Crippen LogP contribution in [0.2, 0.25) is 0 Å². The molecule has 8 aromatic carbocycles. The Morgan fingerprint density at radius 2 is 0.782 bits per heavy atom. The highest BCUT2D eigenvalue weighted by Gasteiger charge is 2.17. The van der Waals surface area contributed by atoms with Crippen LogP contribution < -0.4 is 4.90 Å². The molecule has 0 aliphatic carbocycles. The number of anilines is 3. The summed E-state index contributed by atoms with van der Waals surface area (Å²) in [5.41, 5.74) is 11.9. The Labute approximate surface area is 325 Å². The average molecular weight is 739 g/mol. The van der Waals surface area contributed by atoms with E-state index in [-0.39, 0.29) is 0 Å². The van der Waals surface area contributed by atoms with Gasteiger partial charge >= 0.3 is 0 Å². The summed E-state index contributed by atoms with van der Waals surface area (Å²) < 4.78 is 2.39. The molecule has 11 rings (SSSR count). The van der Waals surface area contributed by atoms with Crippen molar-refractivity contribution >= 4 is 92.7 Å². The fourth-order valence-electron chi connectivity index (χ4n) is 7.62. The summed E-state index contributed by atoms with van der Waals surface area (Å²) >= 11 is 3.45. The number of pyridine rings is 1. The third kappa shape index (κ3) is 5.62. The number of para-hydroxylation sites is 4. The first-order chi connectivity index (χ1) is 27.2. The molecule has 0 saturated carbocycles. The molecule has 0 unspecified atom stereocenters. The maximum absolute atomic E-state index is 4.97. The van der Waals surface area contributed by atoms with E-state index in [0.29, 0.717) is 0 Å². The van der Waals surface area contributed by atoms with Crippen LogP contribution in [0.25, 0.3) is 85.3 Å². The van der Waals surface area contributed by atoms with Gasteiger partial charge < -0.3 is 4.90 Å². The molecule has 3 heterocycles. The van der Waals surface area contributed by atoms with E-state index < -0.39 is 0 Å². The summed E-state index contributed by atoms with van der Waals surface area (Å²) in [5.74, 6) is 0. The first-order valence-electron chi connectivity index (χ1n) is 18.3. The number of nitrogens with zero attached hydrogens (tertiary/aromatic N) is 4. The maximum Gasteiger partial charge on any atom is 0.124 e. The third-order valence-corrected chi connectivity index (χ3v) is 12.5. The minimum Gasteiger partial charge on any atom is -0.310 e. The van der Waals surface area contributed by atoms with Gasteiger partial charge in [-0.1, -0.05) is 78.9 Å². The van der Waals surface area contributed by atoms with E-state index in [1.54, 1.807) is 22.7 Å². The molecule has 0 fully saturated rings. The molecule has 4 nitrogen and oxygen atoms in total. The number of hydrogen-bond donors (Lipinski definition) is 0. The summed E-state index contributed by atoms with van der Waals surface area (Å²) in [6.07, 6.45) is 0.